The molecule has 2 saturated heterocycles. The van der Waals surface area contributed by atoms with Crippen LogP contribution in [-0.4, -0.2) is 48.6 Å². The van der Waals surface area contributed by atoms with Crippen LogP contribution in [-0.2, 0) is 15.0 Å². The molecule has 2 aliphatic heterocycles. The average molecular weight is 313 g/mol. The molecule has 0 unspecified atom stereocenters. The molecule has 3 rings (SSSR count). The van der Waals surface area contributed by atoms with E-state index in [-0.39, 0.29) is 11.9 Å². The molecule has 2 fully saturated rings. The number of carbonyl (C=O) groups is 1. The van der Waals surface area contributed by atoms with Gasteiger partial charge in [-0.25, -0.2) is 0 Å². The summed E-state index contributed by atoms with van der Waals surface area (Å²) in [5.41, 5.74) is 0. The Balaban J connectivity index is 1.88. The molecule has 0 spiro atoms. The summed E-state index contributed by atoms with van der Waals surface area (Å²) in [7, 11) is -3.67. The number of nitrogens with one attached hydrogen (secondary N) is 1. The van der Waals surface area contributed by atoms with Gasteiger partial charge in [0.2, 0.25) is 5.91 Å². The first-order valence-electron chi connectivity index (χ1n) is 7.11. The van der Waals surface area contributed by atoms with Gasteiger partial charge in [-0.3, -0.25) is 4.79 Å². The van der Waals surface area contributed by atoms with Gasteiger partial charge in [-0.05, 0) is 31.9 Å². The minimum atomic E-state index is -3.67. The molecule has 1 N–H and O–H groups in total. The number of furan rings is 1. The fourth-order valence-corrected chi connectivity index (χ4v) is 4.97. The summed E-state index contributed by atoms with van der Waals surface area (Å²) < 4.78 is 33.9. The van der Waals surface area contributed by atoms with E-state index in [1.165, 1.54) is 8.61 Å². The summed E-state index contributed by atoms with van der Waals surface area (Å²) in [5.74, 6) is 0.406. The predicted molar refractivity (Wildman–Crippen MR) is 75.5 cm³/mol. The molecule has 8 heteroatoms. The zero-order valence-corrected chi connectivity index (χ0v) is 12.7. The molecule has 1 amide bonds. The number of carbonyl (C=O) groups excluding carboxylic acids is 1. The van der Waals surface area contributed by atoms with Crippen molar-refractivity contribution in [2.45, 2.75) is 31.8 Å². The maximum atomic E-state index is 12.9. The number of nitrogens with zero attached hydrogens (tertiary/aromatic N) is 2. The van der Waals surface area contributed by atoms with Gasteiger partial charge in [0.1, 0.15) is 11.8 Å². The smallest absolute Gasteiger partial charge is 0.283 e. The van der Waals surface area contributed by atoms with Crippen molar-refractivity contribution in [2.24, 2.45) is 0 Å². The van der Waals surface area contributed by atoms with Crippen LogP contribution in [0.4, 0.5) is 0 Å². The fourth-order valence-electron chi connectivity index (χ4n) is 2.99. The molecule has 1 aromatic rings. The van der Waals surface area contributed by atoms with Crippen molar-refractivity contribution < 1.29 is 17.6 Å². The Morgan fingerprint density at radius 3 is 2.86 bits per heavy atom. The molecule has 2 atom stereocenters. The van der Waals surface area contributed by atoms with Crippen molar-refractivity contribution >= 4 is 16.1 Å². The van der Waals surface area contributed by atoms with E-state index in [9.17, 15) is 13.2 Å². The largest absolute Gasteiger partial charge is 0.468 e. The third-order valence-electron chi connectivity index (χ3n) is 4.11. The first-order chi connectivity index (χ1) is 10.0. The molecule has 116 valence electrons. The van der Waals surface area contributed by atoms with E-state index >= 15 is 0 Å². The summed E-state index contributed by atoms with van der Waals surface area (Å²) in [4.78, 5) is 11.7. The van der Waals surface area contributed by atoms with E-state index in [2.05, 4.69) is 5.32 Å². The van der Waals surface area contributed by atoms with Crippen LogP contribution in [0.5, 0.6) is 0 Å². The highest BCUT2D eigenvalue weighted by Crippen LogP contribution is 2.36. The van der Waals surface area contributed by atoms with Crippen LogP contribution in [0.15, 0.2) is 22.8 Å². The minimum absolute atomic E-state index is 0.251. The van der Waals surface area contributed by atoms with Crippen molar-refractivity contribution in [3.8, 4) is 0 Å². The lowest BCUT2D eigenvalue weighted by atomic mass is 10.2. The minimum Gasteiger partial charge on any atom is -0.468 e. The van der Waals surface area contributed by atoms with Crippen LogP contribution in [0.3, 0.4) is 0 Å². The summed E-state index contributed by atoms with van der Waals surface area (Å²) in [6.07, 6.45) is 3.08. The van der Waals surface area contributed by atoms with Crippen molar-refractivity contribution in [2.75, 3.05) is 19.6 Å². The van der Waals surface area contributed by atoms with E-state index in [1.807, 2.05) is 0 Å². The molecule has 2 aliphatic rings. The van der Waals surface area contributed by atoms with Crippen molar-refractivity contribution in [1.82, 2.24) is 13.9 Å². The van der Waals surface area contributed by atoms with E-state index in [0.29, 0.717) is 25.4 Å². The number of piperazine rings is 1. The van der Waals surface area contributed by atoms with Crippen LogP contribution in [0, 0.1) is 0 Å². The predicted octanol–water partition coefficient (Wildman–Crippen LogP) is 0.482. The average Bonchev–Trinajstić information content (AvgIpc) is 3.11. The Kier molecular flexibility index (Phi) is 3.76. The zero-order chi connectivity index (χ0) is 15.0. The molecular weight excluding hydrogens is 294 g/mol. The Hall–Kier alpha value is -1.38. The van der Waals surface area contributed by atoms with Crippen LogP contribution in [0.2, 0.25) is 0 Å². The van der Waals surface area contributed by atoms with Gasteiger partial charge in [-0.2, -0.15) is 17.0 Å². The Labute approximate surface area is 124 Å². The molecule has 0 bridgehead atoms. The highest BCUT2D eigenvalue weighted by Gasteiger charge is 2.43. The monoisotopic (exact) mass is 313 g/mol. The van der Waals surface area contributed by atoms with Gasteiger partial charge in [0.15, 0.2) is 0 Å². The topological polar surface area (TPSA) is 82.9 Å². The van der Waals surface area contributed by atoms with Gasteiger partial charge < -0.3 is 9.73 Å². The lowest BCUT2D eigenvalue weighted by Crippen LogP contribution is -2.58. The normalized spacial score (nSPS) is 28.7. The quantitative estimate of drug-likeness (QED) is 0.880. The molecular formula is C13H19N3O4S. The summed E-state index contributed by atoms with van der Waals surface area (Å²) in [6.45, 7) is 2.72. The van der Waals surface area contributed by atoms with E-state index in [0.717, 1.165) is 12.8 Å². The molecule has 7 nitrogen and oxygen atoms in total. The Morgan fingerprint density at radius 2 is 2.14 bits per heavy atom. The second kappa shape index (κ2) is 5.43. The van der Waals surface area contributed by atoms with Gasteiger partial charge >= 0.3 is 0 Å². The number of hydrogen-bond donors (Lipinski definition) is 1. The first kappa shape index (κ1) is 14.6. The Bertz CT molecular complexity index is 613. The molecule has 0 aromatic carbocycles. The number of amides is 1. The lowest BCUT2D eigenvalue weighted by Gasteiger charge is -2.36. The van der Waals surface area contributed by atoms with Crippen molar-refractivity contribution in [1.29, 1.82) is 0 Å². The summed E-state index contributed by atoms with van der Waals surface area (Å²) in [6, 6.07) is 2.60. The third kappa shape index (κ3) is 2.47. The Morgan fingerprint density at radius 1 is 1.33 bits per heavy atom. The molecule has 21 heavy (non-hydrogen) atoms. The van der Waals surface area contributed by atoms with E-state index in [1.54, 1.807) is 25.3 Å². The van der Waals surface area contributed by atoms with Crippen LogP contribution in [0.25, 0.3) is 0 Å². The molecule has 3 heterocycles. The molecule has 0 radical (unpaired) electrons. The summed E-state index contributed by atoms with van der Waals surface area (Å²) in [5, 5.41) is 2.68. The zero-order valence-electron chi connectivity index (χ0n) is 11.9. The first-order valence-corrected chi connectivity index (χ1v) is 8.51. The molecule has 0 aliphatic carbocycles. The van der Waals surface area contributed by atoms with Gasteiger partial charge in [0.05, 0.1) is 12.3 Å². The maximum Gasteiger partial charge on any atom is 0.283 e. The summed E-state index contributed by atoms with van der Waals surface area (Å²) >= 11 is 0. The number of rotatable bonds is 3. The fraction of sp³-hybridized carbons (Fsp3) is 0.615. The van der Waals surface area contributed by atoms with Crippen LogP contribution in [0.1, 0.15) is 31.6 Å². The molecule has 1 aromatic heterocycles. The van der Waals surface area contributed by atoms with Gasteiger partial charge in [-0.15, -0.1) is 0 Å². The van der Waals surface area contributed by atoms with E-state index in [4.69, 9.17) is 4.42 Å². The molecule has 0 saturated carbocycles. The third-order valence-corrected chi connectivity index (χ3v) is 6.23. The SMILES string of the molecule is C[C@H]1C(=O)NCCN1S(=O)(=O)N1CCC[C@@H]1c1ccco1. The van der Waals surface area contributed by atoms with Gasteiger partial charge in [0.25, 0.3) is 10.2 Å². The van der Waals surface area contributed by atoms with Crippen molar-refractivity contribution in [3.63, 3.8) is 0 Å². The van der Waals surface area contributed by atoms with E-state index < -0.39 is 16.3 Å². The van der Waals surface area contributed by atoms with Crippen molar-refractivity contribution in [3.05, 3.63) is 24.2 Å². The second-order valence-electron chi connectivity index (χ2n) is 5.37. The maximum absolute atomic E-state index is 12.9. The second-order valence-corrected chi connectivity index (χ2v) is 7.20. The lowest BCUT2D eigenvalue weighted by molar-refractivity contribution is -0.126. The van der Waals surface area contributed by atoms with Crippen LogP contribution < -0.4 is 5.32 Å². The van der Waals surface area contributed by atoms with Gasteiger partial charge in [-0.1, -0.05) is 0 Å². The number of hydrogen-bond acceptors (Lipinski definition) is 4. The highest BCUT2D eigenvalue weighted by atomic mass is 32.2. The van der Waals surface area contributed by atoms with Crippen LogP contribution >= 0.6 is 0 Å². The highest BCUT2D eigenvalue weighted by molar-refractivity contribution is 7.86. The van der Waals surface area contributed by atoms with Gasteiger partial charge in [0, 0.05) is 19.6 Å². The standard InChI is InChI=1S/C13H19N3O4S/c1-10-13(17)14-6-8-15(10)21(18,19)16-7-2-4-11(16)12-5-3-9-20-12/h3,5,9-11H,2,4,6-8H2,1H3,(H,14,17)/t10-,11+/m0/s1.